The minimum absolute atomic E-state index is 0.0540. The van der Waals surface area contributed by atoms with Crippen LogP contribution in [0.4, 0.5) is 0 Å². The summed E-state index contributed by atoms with van der Waals surface area (Å²) in [7, 11) is 0. The molecule has 0 aliphatic rings. The average Bonchev–Trinajstić information content (AvgIpc) is 2.32. The molecular weight excluding hydrogens is 276 g/mol. The van der Waals surface area contributed by atoms with Gasteiger partial charge in [-0.15, -0.1) is 11.8 Å². The number of halogens is 1. The normalized spacial score (nSPS) is 13.7. The van der Waals surface area contributed by atoms with Crippen molar-refractivity contribution in [3.8, 4) is 0 Å². The van der Waals surface area contributed by atoms with Gasteiger partial charge in [-0.1, -0.05) is 23.3 Å². The van der Waals surface area contributed by atoms with Gasteiger partial charge in [0.15, 0.2) is 0 Å². The van der Waals surface area contributed by atoms with E-state index < -0.39 is 0 Å². The summed E-state index contributed by atoms with van der Waals surface area (Å²) < 4.78 is -0.0540. The van der Waals surface area contributed by atoms with Crippen molar-refractivity contribution < 1.29 is 4.79 Å². The van der Waals surface area contributed by atoms with E-state index in [2.05, 4.69) is 26.8 Å². The highest BCUT2D eigenvalue weighted by Crippen LogP contribution is 2.39. The molecule has 0 heterocycles. The van der Waals surface area contributed by atoms with Crippen LogP contribution in [0.2, 0.25) is 5.02 Å². The van der Waals surface area contributed by atoms with Crippen molar-refractivity contribution in [1.29, 1.82) is 0 Å². The monoisotopic (exact) mass is 296 g/mol. The first kappa shape index (κ1) is 16.3. The summed E-state index contributed by atoms with van der Waals surface area (Å²) in [5.41, 5.74) is 1.32. The molecule has 0 saturated heterocycles. The van der Waals surface area contributed by atoms with Crippen molar-refractivity contribution in [2.75, 3.05) is 0 Å². The first-order chi connectivity index (χ1) is 8.95. The van der Waals surface area contributed by atoms with Crippen LogP contribution in [-0.2, 0) is 4.79 Å². The number of benzene rings is 1. The van der Waals surface area contributed by atoms with Crippen LogP contribution in [0, 0.1) is 0 Å². The predicted molar refractivity (Wildman–Crippen MR) is 85.1 cm³/mol. The van der Waals surface area contributed by atoms with Crippen molar-refractivity contribution >= 4 is 29.6 Å². The first-order valence-corrected chi connectivity index (χ1v) is 7.66. The molecule has 0 spiro atoms. The number of rotatable bonds is 7. The van der Waals surface area contributed by atoms with Gasteiger partial charge < -0.3 is 4.79 Å². The summed E-state index contributed by atoms with van der Waals surface area (Å²) in [4.78, 5) is 12.1. The number of thioether (sulfide) groups is 1. The number of carbonyl (C=O) groups is 1. The highest BCUT2D eigenvalue weighted by Gasteiger charge is 2.24. The molecule has 1 atom stereocenters. The van der Waals surface area contributed by atoms with E-state index >= 15 is 0 Å². The van der Waals surface area contributed by atoms with E-state index in [1.807, 2.05) is 24.3 Å². The molecule has 19 heavy (non-hydrogen) atoms. The lowest BCUT2D eigenvalue weighted by molar-refractivity contribution is -0.108. The zero-order valence-corrected chi connectivity index (χ0v) is 13.4. The van der Waals surface area contributed by atoms with Crippen LogP contribution < -0.4 is 0 Å². The third kappa shape index (κ3) is 6.31. The molecule has 0 fully saturated rings. The van der Waals surface area contributed by atoms with Gasteiger partial charge in [0.1, 0.15) is 6.29 Å². The number of hydrogen-bond acceptors (Lipinski definition) is 2. The van der Waals surface area contributed by atoms with Crippen LogP contribution in [0.25, 0.3) is 0 Å². The number of hydrogen-bond donors (Lipinski definition) is 0. The maximum absolute atomic E-state index is 10.9. The fourth-order valence-corrected chi connectivity index (χ4v) is 3.16. The van der Waals surface area contributed by atoms with Gasteiger partial charge in [0.25, 0.3) is 0 Å². The van der Waals surface area contributed by atoms with Crippen LogP contribution in [0.5, 0.6) is 0 Å². The zero-order valence-electron chi connectivity index (χ0n) is 11.8. The van der Waals surface area contributed by atoms with Crippen LogP contribution in [-0.4, -0.2) is 11.0 Å². The van der Waals surface area contributed by atoms with E-state index in [9.17, 15) is 4.79 Å². The Kier molecular flexibility index (Phi) is 6.67. The first-order valence-electron chi connectivity index (χ1n) is 6.47. The van der Waals surface area contributed by atoms with Crippen molar-refractivity contribution in [2.24, 2.45) is 0 Å². The van der Waals surface area contributed by atoms with Gasteiger partial charge in [-0.2, -0.15) is 0 Å². The van der Waals surface area contributed by atoms with Gasteiger partial charge in [-0.05, 0) is 57.9 Å². The van der Waals surface area contributed by atoms with E-state index in [1.54, 1.807) is 11.8 Å². The summed E-state index contributed by atoms with van der Waals surface area (Å²) in [6.45, 7) is 6.35. The quantitative estimate of drug-likeness (QED) is 0.374. The SMILES string of the molecule is CC(C)=CCCC(C)(CC=O)Sc1ccc(Cl)cc1. The van der Waals surface area contributed by atoms with E-state index in [4.69, 9.17) is 11.6 Å². The third-order valence-corrected chi connectivity index (χ3v) is 4.54. The summed E-state index contributed by atoms with van der Waals surface area (Å²) in [6.07, 6.45) is 5.81. The summed E-state index contributed by atoms with van der Waals surface area (Å²) >= 11 is 7.65. The molecule has 1 nitrogen and oxygen atoms in total. The minimum atomic E-state index is -0.0540. The molecule has 0 N–H and O–H groups in total. The number of aldehydes is 1. The van der Waals surface area contributed by atoms with Crippen LogP contribution in [0.1, 0.15) is 40.0 Å². The van der Waals surface area contributed by atoms with E-state index in [1.165, 1.54) is 5.57 Å². The average molecular weight is 297 g/mol. The van der Waals surface area contributed by atoms with Gasteiger partial charge in [0, 0.05) is 21.1 Å². The Labute approximate surface area is 125 Å². The number of carbonyl (C=O) groups excluding carboxylic acids is 1. The van der Waals surface area contributed by atoms with Crippen molar-refractivity contribution in [3.63, 3.8) is 0 Å². The Morgan fingerprint density at radius 2 is 1.95 bits per heavy atom. The van der Waals surface area contributed by atoms with Gasteiger partial charge in [-0.3, -0.25) is 0 Å². The maximum Gasteiger partial charge on any atom is 0.121 e. The van der Waals surface area contributed by atoms with Crippen LogP contribution in [0.15, 0.2) is 40.8 Å². The molecule has 1 aromatic rings. The fourth-order valence-electron chi connectivity index (χ4n) is 1.82. The Morgan fingerprint density at radius 1 is 1.32 bits per heavy atom. The Hall–Kier alpha value is -0.730. The van der Waals surface area contributed by atoms with E-state index in [0.29, 0.717) is 6.42 Å². The minimum Gasteiger partial charge on any atom is -0.303 e. The van der Waals surface area contributed by atoms with Crippen molar-refractivity contribution in [2.45, 2.75) is 49.7 Å². The van der Waals surface area contributed by atoms with Gasteiger partial charge in [0.2, 0.25) is 0 Å². The fraction of sp³-hybridized carbons (Fsp3) is 0.438. The second kappa shape index (κ2) is 7.76. The van der Waals surface area contributed by atoms with Crippen molar-refractivity contribution in [1.82, 2.24) is 0 Å². The lowest BCUT2D eigenvalue weighted by atomic mass is 10.0. The molecule has 1 unspecified atom stereocenters. The van der Waals surface area contributed by atoms with Crippen LogP contribution >= 0.6 is 23.4 Å². The largest absolute Gasteiger partial charge is 0.303 e. The Balaban J connectivity index is 2.72. The molecule has 0 amide bonds. The molecule has 0 aromatic heterocycles. The molecular formula is C16H21ClOS. The molecule has 3 heteroatoms. The number of allylic oxidation sites excluding steroid dienone is 2. The summed E-state index contributed by atoms with van der Waals surface area (Å²) in [6, 6.07) is 7.80. The smallest absolute Gasteiger partial charge is 0.121 e. The van der Waals surface area contributed by atoms with Gasteiger partial charge in [-0.25, -0.2) is 0 Å². The summed E-state index contributed by atoms with van der Waals surface area (Å²) in [5, 5.41) is 0.742. The van der Waals surface area contributed by atoms with Crippen LogP contribution in [0.3, 0.4) is 0 Å². The third-order valence-electron chi connectivity index (χ3n) is 2.92. The second-order valence-electron chi connectivity index (χ2n) is 5.20. The molecule has 0 aliphatic heterocycles. The highest BCUT2D eigenvalue weighted by atomic mass is 35.5. The molecule has 104 valence electrons. The predicted octanol–water partition coefficient (Wildman–Crippen LogP) is 5.53. The Morgan fingerprint density at radius 3 is 2.47 bits per heavy atom. The lowest BCUT2D eigenvalue weighted by Gasteiger charge is -2.26. The highest BCUT2D eigenvalue weighted by molar-refractivity contribution is 8.00. The lowest BCUT2D eigenvalue weighted by Crippen LogP contribution is -2.20. The Bertz CT molecular complexity index is 435. The molecule has 0 saturated carbocycles. The topological polar surface area (TPSA) is 17.1 Å². The van der Waals surface area contributed by atoms with E-state index in [0.717, 1.165) is 29.0 Å². The zero-order chi connectivity index (χ0) is 14.3. The van der Waals surface area contributed by atoms with E-state index in [-0.39, 0.29) is 4.75 Å². The van der Waals surface area contributed by atoms with Gasteiger partial charge in [0.05, 0.1) is 0 Å². The summed E-state index contributed by atoms with van der Waals surface area (Å²) in [5.74, 6) is 0. The molecule has 0 radical (unpaired) electrons. The molecule has 0 aliphatic carbocycles. The maximum atomic E-state index is 10.9. The van der Waals surface area contributed by atoms with Gasteiger partial charge >= 0.3 is 0 Å². The second-order valence-corrected chi connectivity index (χ2v) is 7.29. The van der Waals surface area contributed by atoms with Crippen molar-refractivity contribution in [3.05, 3.63) is 40.9 Å². The molecule has 1 aromatic carbocycles. The molecule has 1 rings (SSSR count). The molecule has 0 bridgehead atoms. The standard InChI is InChI=1S/C16H21ClOS/c1-13(2)5-4-10-16(3,11-12-18)19-15-8-6-14(17)7-9-15/h5-9,12H,4,10-11H2,1-3H3.